The van der Waals surface area contributed by atoms with Crippen molar-refractivity contribution in [3.63, 3.8) is 0 Å². The summed E-state index contributed by atoms with van der Waals surface area (Å²) in [5.74, 6) is -0.400. The van der Waals surface area contributed by atoms with Crippen LogP contribution in [0.5, 0.6) is 0 Å². The molecule has 0 fully saturated rings. The molecule has 5 nitrogen and oxygen atoms in total. The predicted molar refractivity (Wildman–Crippen MR) is 125 cm³/mol. The monoisotopic (exact) mass is 428 g/mol. The summed E-state index contributed by atoms with van der Waals surface area (Å²) >= 11 is 6.12. The lowest BCUT2D eigenvalue weighted by atomic mass is 10.1. The van der Waals surface area contributed by atoms with Gasteiger partial charge in [-0.05, 0) is 38.1 Å². The molecule has 0 bridgehead atoms. The standard InChI is InChI=1S/C25H21ClN4O/c1-17-7-11-19(12-8-17)24-15-23(29-30(24)21-13-9-18(2)10-14-21)25(31)28-27-16-20-5-3-4-6-22(20)26/h3-16H,1-2H3,(H,28,31)/b27-16-. The van der Waals surface area contributed by atoms with Gasteiger partial charge in [0.05, 0.1) is 17.6 Å². The highest BCUT2D eigenvalue weighted by Gasteiger charge is 2.16. The predicted octanol–water partition coefficient (Wildman–Crippen LogP) is 5.57. The number of rotatable bonds is 5. The number of benzene rings is 3. The molecular formula is C25H21ClN4O. The molecule has 0 unspecified atom stereocenters. The van der Waals surface area contributed by atoms with Crippen molar-refractivity contribution in [1.29, 1.82) is 0 Å². The molecule has 0 aliphatic heterocycles. The number of carbonyl (C=O) groups is 1. The first-order valence-electron chi connectivity index (χ1n) is 9.83. The molecule has 3 aromatic carbocycles. The van der Waals surface area contributed by atoms with E-state index < -0.39 is 5.91 Å². The Morgan fingerprint density at radius 2 is 1.61 bits per heavy atom. The lowest BCUT2D eigenvalue weighted by Crippen LogP contribution is -2.18. The van der Waals surface area contributed by atoms with Crippen LogP contribution in [0.25, 0.3) is 16.9 Å². The molecule has 1 amide bonds. The summed E-state index contributed by atoms with van der Waals surface area (Å²) < 4.78 is 1.77. The Morgan fingerprint density at radius 1 is 0.968 bits per heavy atom. The Labute approximate surface area is 186 Å². The zero-order chi connectivity index (χ0) is 21.8. The molecule has 0 radical (unpaired) electrons. The molecule has 6 heteroatoms. The summed E-state index contributed by atoms with van der Waals surface area (Å²) in [5, 5.41) is 9.15. The second-order valence-corrected chi connectivity index (χ2v) is 7.66. The van der Waals surface area contributed by atoms with Crippen molar-refractivity contribution in [2.75, 3.05) is 0 Å². The highest BCUT2D eigenvalue weighted by Crippen LogP contribution is 2.25. The van der Waals surface area contributed by atoms with Crippen LogP contribution in [-0.4, -0.2) is 21.9 Å². The van der Waals surface area contributed by atoms with Crippen molar-refractivity contribution >= 4 is 23.7 Å². The van der Waals surface area contributed by atoms with E-state index in [2.05, 4.69) is 15.6 Å². The quantitative estimate of drug-likeness (QED) is 0.333. The number of hydrogen-bond donors (Lipinski definition) is 1. The zero-order valence-corrected chi connectivity index (χ0v) is 18.0. The lowest BCUT2D eigenvalue weighted by molar-refractivity contribution is 0.0949. The van der Waals surface area contributed by atoms with Gasteiger partial charge in [-0.25, -0.2) is 10.1 Å². The van der Waals surface area contributed by atoms with Crippen LogP contribution in [-0.2, 0) is 0 Å². The van der Waals surface area contributed by atoms with E-state index in [1.807, 2.05) is 80.6 Å². The third-order valence-electron chi connectivity index (χ3n) is 4.84. The van der Waals surface area contributed by atoms with Crippen LogP contribution in [0.4, 0.5) is 0 Å². The van der Waals surface area contributed by atoms with Crippen LogP contribution in [0, 0.1) is 13.8 Å². The van der Waals surface area contributed by atoms with Gasteiger partial charge in [0.15, 0.2) is 5.69 Å². The van der Waals surface area contributed by atoms with Crippen LogP contribution >= 0.6 is 11.6 Å². The number of halogens is 1. The normalized spacial score (nSPS) is 11.1. The highest BCUT2D eigenvalue weighted by atomic mass is 35.5. The van der Waals surface area contributed by atoms with Gasteiger partial charge in [-0.15, -0.1) is 0 Å². The molecule has 4 rings (SSSR count). The minimum Gasteiger partial charge on any atom is -0.265 e. The third-order valence-corrected chi connectivity index (χ3v) is 5.19. The second kappa shape index (κ2) is 8.98. The first-order valence-corrected chi connectivity index (χ1v) is 10.2. The maximum atomic E-state index is 12.7. The van der Waals surface area contributed by atoms with Crippen LogP contribution in [0.15, 0.2) is 84.0 Å². The maximum Gasteiger partial charge on any atom is 0.291 e. The lowest BCUT2D eigenvalue weighted by Gasteiger charge is -2.08. The summed E-state index contributed by atoms with van der Waals surface area (Å²) in [4.78, 5) is 12.7. The van der Waals surface area contributed by atoms with Crippen molar-refractivity contribution < 1.29 is 4.79 Å². The Hall–Kier alpha value is -3.70. The fourth-order valence-corrected chi connectivity index (χ4v) is 3.29. The van der Waals surface area contributed by atoms with E-state index >= 15 is 0 Å². The Bertz CT molecular complexity index is 1180. The zero-order valence-electron chi connectivity index (χ0n) is 17.2. The number of hydrazone groups is 1. The molecule has 31 heavy (non-hydrogen) atoms. The minimum atomic E-state index is -0.400. The molecule has 154 valence electrons. The molecule has 0 saturated heterocycles. The van der Waals surface area contributed by atoms with Gasteiger partial charge < -0.3 is 0 Å². The molecule has 0 aliphatic carbocycles. The number of nitrogens with one attached hydrogen (secondary N) is 1. The van der Waals surface area contributed by atoms with Crippen molar-refractivity contribution in [3.05, 3.63) is 106 Å². The number of carbonyl (C=O) groups excluding carboxylic acids is 1. The minimum absolute atomic E-state index is 0.271. The molecule has 0 saturated carbocycles. The highest BCUT2D eigenvalue weighted by molar-refractivity contribution is 6.33. The molecule has 0 aliphatic rings. The van der Waals surface area contributed by atoms with Crippen molar-refractivity contribution in [3.8, 4) is 16.9 Å². The molecule has 0 atom stereocenters. The summed E-state index contributed by atoms with van der Waals surface area (Å²) in [6, 6.07) is 25.2. The Morgan fingerprint density at radius 3 is 2.29 bits per heavy atom. The Kier molecular flexibility index (Phi) is 5.96. The molecule has 4 aromatic rings. The molecule has 1 aromatic heterocycles. The fraction of sp³-hybridized carbons (Fsp3) is 0.0800. The first-order chi connectivity index (χ1) is 15.0. The number of aryl methyl sites for hydroxylation is 2. The van der Waals surface area contributed by atoms with E-state index in [9.17, 15) is 4.79 Å². The van der Waals surface area contributed by atoms with Crippen LogP contribution in [0.2, 0.25) is 5.02 Å². The number of hydrogen-bond acceptors (Lipinski definition) is 3. The molecular weight excluding hydrogens is 408 g/mol. The van der Waals surface area contributed by atoms with E-state index in [-0.39, 0.29) is 5.69 Å². The van der Waals surface area contributed by atoms with Crippen LogP contribution in [0.3, 0.4) is 0 Å². The molecule has 1 heterocycles. The Balaban J connectivity index is 1.65. The molecule has 0 spiro atoms. The van der Waals surface area contributed by atoms with Gasteiger partial charge in [-0.2, -0.15) is 10.2 Å². The van der Waals surface area contributed by atoms with Crippen LogP contribution < -0.4 is 5.43 Å². The maximum absolute atomic E-state index is 12.7. The van der Waals surface area contributed by atoms with E-state index in [4.69, 9.17) is 11.6 Å². The van der Waals surface area contributed by atoms with Crippen molar-refractivity contribution in [2.45, 2.75) is 13.8 Å². The summed E-state index contributed by atoms with van der Waals surface area (Å²) in [7, 11) is 0. The summed E-state index contributed by atoms with van der Waals surface area (Å²) in [6.45, 7) is 4.07. The van der Waals surface area contributed by atoms with Gasteiger partial charge in [0, 0.05) is 16.1 Å². The SMILES string of the molecule is Cc1ccc(-c2cc(C(=O)N/N=C\c3ccccc3Cl)nn2-c2ccc(C)cc2)cc1. The van der Waals surface area contributed by atoms with Gasteiger partial charge in [0.2, 0.25) is 0 Å². The summed E-state index contributed by atoms with van der Waals surface area (Å²) in [5.41, 5.74) is 8.50. The second-order valence-electron chi connectivity index (χ2n) is 7.25. The smallest absolute Gasteiger partial charge is 0.265 e. The van der Waals surface area contributed by atoms with E-state index in [1.165, 1.54) is 6.21 Å². The van der Waals surface area contributed by atoms with Gasteiger partial charge in [-0.1, -0.05) is 77.3 Å². The molecule has 1 N–H and O–H groups in total. The van der Waals surface area contributed by atoms with Gasteiger partial charge in [-0.3, -0.25) is 4.79 Å². The number of aromatic nitrogens is 2. The van der Waals surface area contributed by atoms with E-state index in [0.29, 0.717) is 5.02 Å². The number of amides is 1. The van der Waals surface area contributed by atoms with Crippen LogP contribution in [0.1, 0.15) is 27.2 Å². The first kappa shape index (κ1) is 20.6. The fourth-order valence-electron chi connectivity index (χ4n) is 3.10. The van der Waals surface area contributed by atoms with Crippen molar-refractivity contribution in [1.82, 2.24) is 15.2 Å². The average Bonchev–Trinajstić information content (AvgIpc) is 3.21. The topological polar surface area (TPSA) is 59.3 Å². The van der Waals surface area contributed by atoms with Gasteiger partial charge in [0.1, 0.15) is 0 Å². The van der Waals surface area contributed by atoms with Gasteiger partial charge in [0.25, 0.3) is 5.91 Å². The van der Waals surface area contributed by atoms with Gasteiger partial charge >= 0.3 is 0 Å². The third kappa shape index (κ3) is 4.73. The van der Waals surface area contributed by atoms with E-state index in [0.717, 1.165) is 33.6 Å². The number of nitrogens with zero attached hydrogens (tertiary/aromatic N) is 3. The average molecular weight is 429 g/mol. The largest absolute Gasteiger partial charge is 0.291 e. The summed E-state index contributed by atoms with van der Waals surface area (Å²) in [6.07, 6.45) is 1.51. The van der Waals surface area contributed by atoms with Crippen molar-refractivity contribution in [2.24, 2.45) is 5.10 Å². The van der Waals surface area contributed by atoms with E-state index in [1.54, 1.807) is 16.8 Å².